The third-order valence-electron chi connectivity index (χ3n) is 5.77. The summed E-state index contributed by atoms with van der Waals surface area (Å²) in [5.41, 5.74) is 0.326. The number of aromatic amines is 1. The fourth-order valence-electron chi connectivity index (χ4n) is 4.28. The van der Waals surface area contributed by atoms with Crippen LogP contribution in [0.15, 0.2) is 46.1 Å². The molecule has 3 rings (SSSR count). The molecular formula is C22H30N2O4. The predicted octanol–water partition coefficient (Wildman–Crippen LogP) is 3.54. The molecule has 1 aromatic heterocycles. The van der Waals surface area contributed by atoms with Crippen LogP contribution in [0.2, 0.25) is 0 Å². The molecule has 4 atom stereocenters. The van der Waals surface area contributed by atoms with Crippen LogP contribution < -0.4 is 11.2 Å². The lowest BCUT2D eigenvalue weighted by Gasteiger charge is -2.34. The first-order valence-electron chi connectivity index (χ1n) is 10.1. The zero-order chi connectivity index (χ0) is 20.3. The summed E-state index contributed by atoms with van der Waals surface area (Å²) in [5.74, 6) is -0.0433. The van der Waals surface area contributed by atoms with Crippen LogP contribution in [0.1, 0.15) is 57.4 Å². The van der Waals surface area contributed by atoms with E-state index in [-0.39, 0.29) is 17.6 Å². The Hall–Kier alpha value is -2.18. The van der Waals surface area contributed by atoms with Crippen LogP contribution in [-0.2, 0) is 16.1 Å². The summed E-state index contributed by atoms with van der Waals surface area (Å²) in [6.07, 6.45) is 3.56. The average Bonchev–Trinajstić information content (AvgIpc) is 2.96. The maximum absolute atomic E-state index is 12.5. The molecule has 6 nitrogen and oxygen atoms in total. The number of hydrogen-bond acceptors (Lipinski definition) is 4. The number of aromatic nitrogens is 2. The minimum Gasteiger partial charge on any atom is -0.370 e. The van der Waals surface area contributed by atoms with Crippen molar-refractivity contribution in [3.05, 3.63) is 68.5 Å². The monoisotopic (exact) mass is 386 g/mol. The van der Waals surface area contributed by atoms with Crippen LogP contribution >= 0.6 is 0 Å². The number of aryl methyl sites for hydroxylation is 1. The molecule has 1 aliphatic rings. The van der Waals surface area contributed by atoms with Crippen LogP contribution in [0, 0.1) is 12.8 Å². The summed E-state index contributed by atoms with van der Waals surface area (Å²) in [6, 6.07) is 10.1. The lowest BCUT2D eigenvalue weighted by Crippen LogP contribution is -2.42. The molecule has 1 saturated heterocycles. The standard InChI is InChI=1S/C22H30N2O4/c1-5-12-22(6-2)18(27-14-17-10-8-7-9-11-17)16(4)20(28-22)24-13-15(3)19(25)23-21(24)26/h7-11,13,16,18,20H,5-6,12,14H2,1-4H3,(H,23,25,26)/t16-,18?,20-,22+/m1/s1. The molecule has 1 unspecified atom stereocenters. The van der Waals surface area contributed by atoms with Gasteiger partial charge in [-0.25, -0.2) is 4.79 Å². The number of nitrogens with one attached hydrogen (secondary N) is 1. The van der Waals surface area contributed by atoms with Crippen LogP contribution in [0.4, 0.5) is 0 Å². The van der Waals surface area contributed by atoms with E-state index in [9.17, 15) is 9.59 Å². The summed E-state index contributed by atoms with van der Waals surface area (Å²) in [4.78, 5) is 26.6. The highest BCUT2D eigenvalue weighted by Gasteiger charge is 2.53. The molecule has 1 aliphatic heterocycles. The molecule has 2 heterocycles. The van der Waals surface area contributed by atoms with E-state index in [2.05, 4.69) is 25.8 Å². The summed E-state index contributed by atoms with van der Waals surface area (Å²) in [6.45, 7) is 8.47. The summed E-state index contributed by atoms with van der Waals surface area (Å²) < 4.78 is 14.4. The Balaban J connectivity index is 1.94. The molecule has 152 valence electrons. The Bertz CT molecular complexity index is 905. The minimum atomic E-state index is -0.477. The molecule has 0 saturated carbocycles. The number of benzene rings is 1. The number of rotatable bonds is 7. The molecule has 2 aromatic rings. The molecule has 0 spiro atoms. The van der Waals surface area contributed by atoms with Crippen molar-refractivity contribution in [3.63, 3.8) is 0 Å². The van der Waals surface area contributed by atoms with Crippen molar-refractivity contribution in [1.29, 1.82) is 0 Å². The minimum absolute atomic E-state index is 0.0433. The molecule has 1 aromatic carbocycles. The molecule has 1 N–H and O–H groups in total. The van der Waals surface area contributed by atoms with Gasteiger partial charge >= 0.3 is 5.69 Å². The molecule has 0 bridgehead atoms. The lowest BCUT2D eigenvalue weighted by atomic mass is 9.84. The fourth-order valence-corrected chi connectivity index (χ4v) is 4.28. The van der Waals surface area contributed by atoms with E-state index in [4.69, 9.17) is 9.47 Å². The van der Waals surface area contributed by atoms with Gasteiger partial charge < -0.3 is 9.47 Å². The van der Waals surface area contributed by atoms with Gasteiger partial charge in [-0.05, 0) is 25.3 Å². The van der Waals surface area contributed by atoms with Gasteiger partial charge in [-0.1, -0.05) is 57.5 Å². The van der Waals surface area contributed by atoms with E-state index in [1.165, 1.54) is 4.57 Å². The van der Waals surface area contributed by atoms with Gasteiger partial charge in [0.15, 0.2) is 0 Å². The van der Waals surface area contributed by atoms with E-state index in [0.29, 0.717) is 12.2 Å². The molecule has 1 fully saturated rings. The van der Waals surface area contributed by atoms with Gasteiger partial charge in [0.2, 0.25) is 0 Å². The highest BCUT2D eigenvalue weighted by Crippen LogP contribution is 2.47. The van der Waals surface area contributed by atoms with E-state index >= 15 is 0 Å². The lowest BCUT2D eigenvalue weighted by molar-refractivity contribution is -0.128. The van der Waals surface area contributed by atoms with Crippen LogP contribution in [-0.4, -0.2) is 21.3 Å². The Morgan fingerprint density at radius 2 is 1.93 bits per heavy atom. The third kappa shape index (κ3) is 3.84. The Morgan fingerprint density at radius 3 is 2.57 bits per heavy atom. The SMILES string of the molecule is CCC[C@]1(CC)O[C@@H](n2cc(C)c(=O)[nH]c2=O)[C@H](C)C1OCc1ccccc1. The maximum atomic E-state index is 12.5. The first-order chi connectivity index (χ1) is 13.4. The molecule has 0 amide bonds. The second kappa shape index (κ2) is 8.45. The van der Waals surface area contributed by atoms with Crippen molar-refractivity contribution in [2.45, 2.75) is 71.5 Å². The van der Waals surface area contributed by atoms with Gasteiger partial charge in [0.05, 0.1) is 18.3 Å². The second-order valence-electron chi connectivity index (χ2n) is 7.73. The van der Waals surface area contributed by atoms with Gasteiger partial charge in [-0.15, -0.1) is 0 Å². The van der Waals surface area contributed by atoms with Gasteiger partial charge in [-0.2, -0.15) is 0 Å². The maximum Gasteiger partial charge on any atom is 0.330 e. The highest BCUT2D eigenvalue weighted by atomic mass is 16.6. The van der Waals surface area contributed by atoms with Crippen molar-refractivity contribution in [2.24, 2.45) is 5.92 Å². The van der Waals surface area contributed by atoms with Crippen LogP contribution in [0.5, 0.6) is 0 Å². The van der Waals surface area contributed by atoms with Gasteiger partial charge in [0, 0.05) is 17.7 Å². The van der Waals surface area contributed by atoms with Crippen molar-refractivity contribution >= 4 is 0 Å². The van der Waals surface area contributed by atoms with E-state index in [1.54, 1.807) is 13.1 Å². The van der Waals surface area contributed by atoms with Crippen LogP contribution in [0.25, 0.3) is 0 Å². The van der Waals surface area contributed by atoms with E-state index in [0.717, 1.165) is 24.8 Å². The summed E-state index contributed by atoms with van der Waals surface area (Å²) in [5, 5.41) is 0. The first-order valence-corrected chi connectivity index (χ1v) is 10.1. The predicted molar refractivity (Wildman–Crippen MR) is 108 cm³/mol. The average molecular weight is 386 g/mol. The van der Waals surface area contributed by atoms with Crippen molar-refractivity contribution < 1.29 is 9.47 Å². The topological polar surface area (TPSA) is 73.3 Å². The highest BCUT2D eigenvalue weighted by molar-refractivity contribution is 5.14. The zero-order valence-electron chi connectivity index (χ0n) is 17.1. The van der Waals surface area contributed by atoms with Gasteiger partial charge in [-0.3, -0.25) is 14.3 Å². The van der Waals surface area contributed by atoms with Crippen molar-refractivity contribution in [2.75, 3.05) is 0 Å². The molecule has 28 heavy (non-hydrogen) atoms. The normalized spacial score (nSPS) is 27.2. The smallest absolute Gasteiger partial charge is 0.330 e. The number of H-pyrrole nitrogens is 1. The second-order valence-corrected chi connectivity index (χ2v) is 7.73. The molecular weight excluding hydrogens is 356 g/mol. The van der Waals surface area contributed by atoms with Gasteiger partial charge in [0.25, 0.3) is 5.56 Å². The fraction of sp³-hybridized carbons (Fsp3) is 0.545. The van der Waals surface area contributed by atoms with E-state index < -0.39 is 17.5 Å². The Morgan fingerprint density at radius 1 is 1.21 bits per heavy atom. The third-order valence-corrected chi connectivity index (χ3v) is 5.77. The zero-order valence-corrected chi connectivity index (χ0v) is 17.1. The first kappa shape index (κ1) is 20.6. The molecule has 6 heteroatoms. The Labute approximate surface area is 165 Å². The number of ether oxygens (including phenoxy) is 2. The van der Waals surface area contributed by atoms with Crippen LogP contribution in [0.3, 0.4) is 0 Å². The largest absolute Gasteiger partial charge is 0.370 e. The molecule has 0 radical (unpaired) electrons. The number of nitrogens with zero attached hydrogens (tertiary/aromatic N) is 1. The Kier molecular flexibility index (Phi) is 6.20. The van der Waals surface area contributed by atoms with Crippen molar-refractivity contribution in [1.82, 2.24) is 9.55 Å². The summed E-state index contributed by atoms with van der Waals surface area (Å²) in [7, 11) is 0. The van der Waals surface area contributed by atoms with Crippen molar-refractivity contribution in [3.8, 4) is 0 Å². The van der Waals surface area contributed by atoms with Gasteiger partial charge in [0.1, 0.15) is 6.23 Å². The quantitative estimate of drug-likeness (QED) is 0.790. The number of hydrogen-bond donors (Lipinski definition) is 1. The van der Waals surface area contributed by atoms with E-state index in [1.807, 2.05) is 30.3 Å². The molecule has 0 aliphatic carbocycles. The summed E-state index contributed by atoms with van der Waals surface area (Å²) >= 11 is 0.